The van der Waals surface area contributed by atoms with E-state index in [-0.39, 0.29) is 6.03 Å². The highest BCUT2D eigenvalue weighted by molar-refractivity contribution is 5.94. The molecule has 1 aromatic rings. The zero-order valence-electron chi connectivity index (χ0n) is 8.31. The maximum Gasteiger partial charge on any atom is 0.345 e. The Hall–Kier alpha value is -1.98. The van der Waals surface area contributed by atoms with Gasteiger partial charge in [0.2, 0.25) is 0 Å². The Morgan fingerprint density at radius 2 is 2.07 bits per heavy atom. The van der Waals surface area contributed by atoms with E-state index in [1.165, 1.54) is 30.1 Å². The number of hydrogen-bond acceptors (Lipinski definition) is 3. The molecule has 1 aromatic carbocycles. The zero-order chi connectivity index (χ0) is 11.0. The van der Waals surface area contributed by atoms with Gasteiger partial charge in [-0.15, -0.1) is 5.11 Å². The van der Waals surface area contributed by atoms with Gasteiger partial charge >= 0.3 is 6.03 Å². The second-order valence-corrected chi connectivity index (χ2v) is 3.19. The molecular formula is C9H9FN4O. The topological polar surface area (TPSA) is 48.3 Å². The normalized spacial score (nSPS) is 15.3. The highest BCUT2D eigenvalue weighted by Gasteiger charge is 2.21. The van der Waals surface area contributed by atoms with Crippen LogP contribution in [0.5, 0.6) is 0 Å². The minimum absolute atomic E-state index is 0.358. The molecule has 0 unspecified atom stereocenters. The number of benzene rings is 1. The lowest BCUT2D eigenvalue weighted by atomic mass is 10.2. The molecule has 0 aliphatic carbocycles. The van der Waals surface area contributed by atoms with Gasteiger partial charge in [-0.1, -0.05) is 5.22 Å². The molecule has 0 aromatic heterocycles. The predicted octanol–water partition coefficient (Wildman–Crippen LogP) is 2.33. The molecule has 0 atom stereocenters. The molecule has 0 saturated heterocycles. The molecule has 1 aliphatic heterocycles. The van der Waals surface area contributed by atoms with E-state index in [1.807, 2.05) is 0 Å². The third-order valence-electron chi connectivity index (χ3n) is 2.15. The van der Waals surface area contributed by atoms with Crippen LogP contribution in [0.3, 0.4) is 0 Å². The highest BCUT2D eigenvalue weighted by atomic mass is 19.1. The molecule has 0 radical (unpaired) electrons. The van der Waals surface area contributed by atoms with Crippen LogP contribution in [0.2, 0.25) is 0 Å². The van der Waals surface area contributed by atoms with E-state index < -0.39 is 5.82 Å². The third-order valence-corrected chi connectivity index (χ3v) is 2.15. The largest absolute Gasteiger partial charge is 0.345 e. The van der Waals surface area contributed by atoms with Crippen LogP contribution in [-0.4, -0.2) is 25.1 Å². The first-order valence-corrected chi connectivity index (χ1v) is 4.32. The molecule has 0 fully saturated rings. The van der Waals surface area contributed by atoms with Crippen LogP contribution in [-0.2, 0) is 0 Å². The van der Waals surface area contributed by atoms with Crippen molar-refractivity contribution in [1.82, 2.24) is 5.01 Å². The Kier molecular flexibility index (Phi) is 2.11. The van der Waals surface area contributed by atoms with Gasteiger partial charge in [0.05, 0.1) is 5.69 Å². The van der Waals surface area contributed by atoms with Crippen molar-refractivity contribution >= 4 is 17.4 Å². The summed E-state index contributed by atoms with van der Waals surface area (Å²) in [5, 5.41) is 8.60. The van der Waals surface area contributed by atoms with Crippen LogP contribution in [0, 0.1) is 5.82 Å². The fourth-order valence-electron chi connectivity index (χ4n) is 1.32. The molecule has 1 heterocycles. The van der Waals surface area contributed by atoms with Gasteiger partial charge in [-0.05, 0) is 18.2 Å². The maximum atomic E-state index is 13.0. The van der Waals surface area contributed by atoms with Crippen molar-refractivity contribution < 1.29 is 9.18 Å². The smallest absolute Gasteiger partial charge is 0.294 e. The monoisotopic (exact) mass is 208 g/mol. The molecule has 2 amide bonds. The summed E-state index contributed by atoms with van der Waals surface area (Å²) in [5.41, 5.74) is 0.879. The molecule has 0 spiro atoms. The molecule has 0 bridgehead atoms. The summed E-state index contributed by atoms with van der Waals surface area (Å²) < 4.78 is 13.0. The number of carbonyl (C=O) groups is 1. The van der Waals surface area contributed by atoms with Gasteiger partial charge in [-0.2, -0.15) is 5.01 Å². The summed E-state index contributed by atoms with van der Waals surface area (Å²) in [5.74, 6) is -0.409. The van der Waals surface area contributed by atoms with E-state index in [0.717, 1.165) is 5.01 Å². The van der Waals surface area contributed by atoms with Crippen LogP contribution in [0.4, 0.5) is 20.6 Å². The molecule has 2 rings (SSSR count). The van der Waals surface area contributed by atoms with Gasteiger partial charge in [0.25, 0.3) is 0 Å². The van der Waals surface area contributed by atoms with Gasteiger partial charge in [-0.3, -0.25) is 4.90 Å². The Balaban J connectivity index is 2.57. The molecule has 0 N–H and O–H groups in total. The molecule has 6 heteroatoms. The highest BCUT2D eigenvalue weighted by Crippen LogP contribution is 2.31. The summed E-state index contributed by atoms with van der Waals surface area (Å²) in [6, 6.07) is 3.66. The van der Waals surface area contributed by atoms with E-state index in [2.05, 4.69) is 10.3 Å². The van der Waals surface area contributed by atoms with Crippen LogP contribution < -0.4 is 4.90 Å². The van der Waals surface area contributed by atoms with Crippen molar-refractivity contribution in [2.75, 3.05) is 19.0 Å². The summed E-state index contributed by atoms with van der Waals surface area (Å²) >= 11 is 0. The SMILES string of the molecule is CN1N=Nc2ccc(F)cc2N(C)C1=O. The van der Waals surface area contributed by atoms with Crippen molar-refractivity contribution in [2.45, 2.75) is 0 Å². The summed E-state index contributed by atoms with van der Waals surface area (Å²) in [6.45, 7) is 0. The minimum atomic E-state index is -0.409. The van der Waals surface area contributed by atoms with Crippen molar-refractivity contribution in [2.24, 2.45) is 10.3 Å². The third kappa shape index (κ3) is 1.54. The van der Waals surface area contributed by atoms with Crippen molar-refractivity contribution in [3.63, 3.8) is 0 Å². The van der Waals surface area contributed by atoms with Crippen molar-refractivity contribution in [1.29, 1.82) is 0 Å². The Morgan fingerprint density at radius 3 is 2.80 bits per heavy atom. The molecule has 0 saturated carbocycles. The number of nitrogens with zero attached hydrogens (tertiary/aromatic N) is 4. The van der Waals surface area contributed by atoms with E-state index >= 15 is 0 Å². The predicted molar refractivity (Wildman–Crippen MR) is 52.5 cm³/mol. The van der Waals surface area contributed by atoms with Gasteiger partial charge < -0.3 is 0 Å². The van der Waals surface area contributed by atoms with E-state index in [1.54, 1.807) is 7.05 Å². The van der Waals surface area contributed by atoms with Crippen molar-refractivity contribution in [3.8, 4) is 0 Å². The number of anilines is 1. The van der Waals surface area contributed by atoms with Crippen LogP contribution in [0.25, 0.3) is 0 Å². The first-order valence-electron chi connectivity index (χ1n) is 4.32. The second kappa shape index (κ2) is 3.30. The molecule has 78 valence electrons. The number of amides is 2. The van der Waals surface area contributed by atoms with Gasteiger partial charge in [0, 0.05) is 14.1 Å². The zero-order valence-corrected chi connectivity index (χ0v) is 8.31. The fourth-order valence-corrected chi connectivity index (χ4v) is 1.32. The first kappa shape index (κ1) is 9.57. The van der Waals surface area contributed by atoms with E-state index in [4.69, 9.17) is 0 Å². The maximum absolute atomic E-state index is 13.0. The second-order valence-electron chi connectivity index (χ2n) is 3.19. The quantitative estimate of drug-likeness (QED) is 0.645. The number of fused-ring (bicyclic) bond motifs is 1. The lowest BCUT2D eigenvalue weighted by Crippen LogP contribution is -2.34. The standard InChI is InChI=1S/C9H9FN4O/c1-13-8-5-6(10)3-4-7(8)11-12-14(2)9(13)15/h3-5H,1-2H3. The summed E-state index contributed by atoms with van der Waals surface area (Å²) in [7, 11) is 3.04. The number of hydrogen-bond donors (Lipinski definition) is 0. The van der Waals surface area contributed by atoms with E-state index in [0.29, 0.717) is 11.4 Å². The van der Waals surface area contributed by atoms with Gasteiger partial charge in [0.15, 0.2) is 0 Å². The van der Waals surface area contributed by atoms with Crippen LogP contribution >= 0.6 is 0 Å². The molecular weight excluding hydrogens is 199 g/mol. The van der Waals surface area contributed by atoms with Gasteiger partial charge in [0.1, 0.15) is 11.5 Å². The average Bonchev–Trinajstić information content (AvgIpc) is 2.32. The molecule has 1 aliphatic rings. The lowest BCUT2D eigenvalue weighted by Gasteiger charge is -2.18. The Bertz CT molecular complexity index is 446. The summed E-state index contributed by atoms with van der Waals surface area (Å²) in [4.78, 5) is 12.9. The number of rotatable bonds is 0. The van der Waals surface area contributed by atoms with Crippen LogP contribution in [0.15, 0.2) is 28.5 Å². The number of carbonyl (C=O) groups excluding carboxylic acids is 1. The first-order chi connectivity index (χ1) is 7.09. The van der Waals surface area contributed by atoms with E-state index in [9.17, 15) is 9.18 Å². The lowest BCUT2D eigenvalue weighted by molar-refractivity contribution is 0.216. The average molecular weight is 208 g/mol. The fraction of sp³-hybridized carbons (Fsp3) is 0.222. The number of halogens is 1. The Morgan fingerprint density at radius 1 is 1.33 bits per heavy atom. The summed E-state index contributed by atoms with van der Waals surface area (Å²) in [6.07, 6.45) is 0. The molecule has 15 heavy (non-hydrogen) atoms. The number of urea groups is 1. The Labute approximate surface area is 85.8 Å². The van der Waals surface area contributed by atoms with Crippen LogP contribution in [0.1, 0.15) is 0 Å². The molecule has 5 nitrogen and oxygen atoms in total. The minimum Gasteiger partial charge on any atom is -0.294 e. The van der Waals surface area contributed by atoms with Gasteiger partial charge in [-0.25, -0.2) is 9.18 Å². The van der Waals surface area contributed by atoms with Crippen molar-refractivity contribution in [3.05, 3.63) is 24.0 Å².